The summed E-state index contributed by atoms with van der Waals surface area (Å²) in [5.41, 5.74) is -0.384. The van der Waals surface area contributed by atoms with Gasteiger partial charge in [0, 0.05) is 17.5 Å². The Morgan fingerprint density at radius 2 is 1.82 bits per heavy atom. The quantitative estimate of drug-likeness (QED) is 0.610. The molecule has 0 aliphatic rings. The van der Waals surface area contributed by atoms with Crippen molar-refractivity contribution >= 4 is 21.4 Å². The second-order valence-electron chi connectivity index (χ2n) is 2.97. The molecule has 8 heteroatoms. The van der Waals surface area contributed by atoms with E-state index in [-0.39, 0.29) is 17.5 Å². The predicted molar refractivity (Wildman–Crippen MR) is 59.7 cm³/mol. The molecule has 0 atom stereocenters. The van der Waals surface area contributed by atoms with Crippen molar-refractivity contribution in [1.82, 2.24) is 6.15 Å². The largest absolute Gasteiger partial charge is 0.446 e. The molecule has 0 radical (unpaired) electrons. The Bertz CT molecular complexity index is 690. The molecule has 0 fully saturated rings. The van der Waals surface area contributed by atoms with E-state index in [1.807, 2.05) is 0 Å². The second kappa shape index (κ2) is 4.53. The van der Waals surface area contributed by atoms with E-state index in [9.17, 15) is 13.2 Å². The topological polar surface area (TPSA) is 129 Å². The minimum Gasteiger partial charge on any atom is -0.423 e. The van der Waals surface area contributed by atoms with Crippen molar-refractivity contribution in [3.63, 3.8) is 0 Å². The highest BCUT2D eigenvalue weighted by molar-refractivity contribution is 7.81. The minimum atomic E-state index is -4.58. The van der Waals surface area contributed by atoms with Crippen LogP contribution in [0.5, 0.6) is 5.75 Å². The molecule has 17 heavy (non-hydrogen) atoms. The third-order valence-corrected chi connectivity index (χ3v) is 2.20. The van der Waals surface area contributed by atoms with Gasteiger partial charge in [-0.05, 0) is 18.2 Å². The zero-order chi connectivity index (χ0) is 11.8. The fourth-order valence-electron chi connectivity index (χ4n) is 1.21. The van der Waals surface area contributed by atoms with Crippen molar-refractivity contribution in [3.8, 4) is 5.75 Å². The van der Waals surface area contributed by atoms with Crippen molar-refractivity contribution < 1.29 is 21.6 Å². The lowest BCUT2D eigenvalue weighted by molar-refractivity contribution is 0.386. The molecule has 7 nitrogen and oxygen atoms in total. The van der Waals surface area contributed by atoms with Gasteiger partial charge in [-0.25, -0.2) is 4.79 Å². The summed E-state index contributed by atoms with van der Waals surface area (Å²) in [6.45, 7) is 0. The molecule has 0 amide bonds. The first-order valence-electron chi connectivity index (χ1n) is 4.15. The Morgan fingerprint density at radius 1 is 1.18 bits per heavy atom. The maximum atomic E-state index is 10.9. The molecule has 0 bridgehead atoms. The van der Waals surface area contributed by atoms with E-state index in [0.717, 1.165) is 0 Å². The molecule has 92 valence electrons. The standard InChI is InChI=1S/C9H6O6S.H3N/c10-9-4-2-6-1-3-7(5-8(6)14-9)15-16(11,12)13;/h1-5H,(H,11,12,13);1H3. The van der Waals surface area contributed by atoms with Crippen LogP contribution in [0.4, 0.5) is 0 Å². The summed E-state index contributed by atoms with van der Waals surface area (Å²) in [6.07, 6.45) is 0. The maximum Gasteiger partial charge on any atom is 0.446 e. The second-order valence-corrected chi connectivity index (χ2v) is 3.99. The fourth-order valence-corrected chi connectivity index (χ4v) is 1.56. The molecule has 2 rings (SSSR count). The third-order valence-electron chi connectivity index (χ3n) is 1.80. The Morgan fingerprint density at radius 3 is 2.47 bits per heavy atom. The highest BCUT2D eigenvalue weighted by Crippen LogP contribution is 2.20. The summed E-state index contributed by atoms with van der Waals surface area (Å²) in [5, 5.41) is 0.613. The molecule has 4 N–H and O–H groups in total. The molecule has 0 spiro atoms. The Kier molecular flexibility index (Phi) is 3.51. The molecule has 1 aromatic heterocycles. The summed E-state index contributed by atoms with van der Waals surface area (Å²) in [4.78, 5) is 10.9. The molecule has 0 aliphatic heterocycles. The van der Waals surface area contributed by atoms with Crippen LogP contribution in [-0.4, -0.2) is 13.0 Å². The summed E-state index contributed by atoms with van der Waals surface area (Å²) >= 11 is 0. The van der Waals surface area contributed by atoms with E-state index in [2.05, 4.69) is 4.18 Å². The normalized spacial score (nSPS) is 10.9. The van der Waals surface area contributed by atoms with E-state index in [1.54, 1.807) is 0 Å². The average Bonchev–Trinajstić information content (AvgIpc) is 2.14. The lowest BCUT2D eigenvalue weighted by Gasteiger charge is -2.01. The molecule has 0 aliphatic carbocycles. The summed E-state index contributed by atoms with van der Waals surface area (Å²) in [7, 11) is -4.58. The van der Waals surface area contributed by atoms with Crippen molar-refractivity contribution in [1.29, 1.82) is 0 Å². The zero-order valence-electron chi connectivity index (χ0n) is 8.49. The third kappa shape index (κ3) is 3.28. The Balaban J connectivity index is 0.00000144. The zero-order valence-corrected chi connectivity index (χ0v) is 9.31. The number of fused-ring (bicyclic) bond motifs is 1. The van der Waals surface area contributed by atoms with Crippen LogP contribution in [0.1, 0.15) is 0 Å². The molecule has 2 aromatic rings. The lowest BCUT2D eigenvalue weighted by Crippen LogP contribution is -2.06. The maximum absolute atomic E-state index is 10.9. The van der Waals surface area contributed by atoms with Gasteiger partial charge in [0.1, 0.15) is 11.3 Å². The van der Waals surface area contributed by atoms with E-state index in [1.165, 1.54) is 30.3 Å². The number of rotatable bonds is 2. The van der Waals surface area contributed by atoms with Gasteiger partial charge in [0.25, 0.3) is 0 Å². The van der Waals surface area contributed by atoms with Gasteiger partial charge in [-0.15, -0.1) is 0 Å². The van der Waals surface area contributed by atoms with Gasteiger partial charge < -0.3 is 14.8 Å². The van der Waals surface area contributed by atoms with Crippen LogP contribution in [0.15, 0.2) is 39.5 Å². The van der Waals surface area contributed by atoms with Crippen LogP contribution < -0.4 is 16.0 Å². The number of benzene rings is 1. The van der Waals surface area contributed by atoms with E-state index < -0.39 is 16.0 Å². The molecular formula is C9H9NO6S. The summed E-state index contributed by atoms with van der Waals surface area (Å²) < 4.78 is 38.4. The van der Waals surface area contributed by atoms with Crippen LogP contribution in [0.25, 0.3) is 11.0 Å². The average molecular weight is 259 g/mol. The molecule has 1 aromatic carbocycles. The molecule has 1 heterocycles. The van der Waals surface area contributed by atoms with E-state index in [4.69, 9.17) is 8.97 Å². The fraction of sp³-hybridized carbons (Fsp3) is 0. The Labute approximate surface area is 96.2 Å². The first-order valence-corrected chi connectivity index (χ1v) is 5.51. The summed E-state index contributed by atoms with van der Waals surface area (Å²) in [6, 6.07) is 6.80. The highest BCUT2D eigenvalue weighted by Gasteiger charge is 2.08. The number of hydrogen-bond acceptors (Lipinski definition) is 6. The first-order chi connectivity index (χ1) is 7.44. The first kappa shape index (κ1) is 13.2. The molecule has 0 unspecified atom stereocenters. The van der Waals surface area contributed by atoms with Crippen molar-refractivity contribution in [2.45, 2.75) is 0 Å². The van der Waals surface area contributed by atoms with Gasteiger partial charge in [-0.3, -0.25) is 4.55 Å². The minimum absolute atomic E-state index is 0. The predicted octanol–water partition coefficient (Wildman–Crippen LogP) is 1.14. The monoisotopic (exact) mass is 259 g/mol. The smallest absolute Gasteiger partial charge is 0.423 e. The van der Waals surface area contributed by atoms with Crippen molar-refractivity contribution in [3.05, 3.63) is 40.8 Å². The van der Waals surface area contributed by atoms with Gasteiger partial charge in [-0.1, -0.05) is 0 Å². The summed E-state index contributed by atoms with van der Waals surface area (Å²) in [5.74, 6) is -0.135. The van der Waals surface area contributed by atoms with Crippen molar-refractivity contribution in [2.75, 3.05) is 0 Å². The lowest BCUT2D eigenvalue weighted by atomic mass is 10.2. The van der Waals surface area contributed by atoms with Crippen LogP contribution in [0.2, 0.25) is 0 Å². The SMILES string of the molecule is N.O=c1ccc2ccc(OS(=O)(=O)O)cc2o1. The molecule has 0 saturated carbocycles. The van der Waals surface area contributed by atoms with Crippen molar-refractivity contribution in [2.24, 2.45) is 0 Å². The van der Waals surface area contributed by atoms with E-state index >= 15 is 0 Å². The molecular weight excluding hydrogens is 250 g/mol. The van der Waals surface area contributed by atoms with Gasteiger partial charge in [-0.2, -0.15) is 8.42 Å². The van der Waals surface area contributed by atoms with Gasteiger partial charge >= 0.3 is 16.0 Å². The van der Waals surface area contributed by atoms with Crippen LogP contribution in [0, 0.1) is 0 Å². The molecule has 0 saturated heterocycles. The van der Waals surface area contributed by atoms with Crippen LogP contribution in [0.3, 0.4) is 0 Å². The van der Waals surface area contributed by atoms with Crippen LogP contribution >= 0.6 is 0 Å². The number of hydrogen-bond donors (Lipinski definition) is 2. The van der Waals surface area contributed by atoms with Gasteiger partial charge in [0.15, 0.2) is 0 Å². The highest BCUT2D eigenvalue weighted by atomic mass is 32.3. The van der Waals surface area contributed by atoms with Crippen LogP contribution in [-0.2, 0) is 10.4 Å². The van der Waals surface area contributed by atoms with Gasteiger partial charge in [0.05, 0.1) is 0 Å². The van der Waals surface area contributed by atoms with E-state index in [0.29, 0.717) is 5.39 Å². The Hall–Kier alpha value is -1.90. The van der Waals surface area contributed by atoms with Gasteiger partial charge in [0.2, 0.25) is 0 Å².